The first-order valence-electron chi connectivity index (χ1n) is 7.65. The molecule has 120 valence electrons. The van der Waals surface area contributed by atoms with E-state index in [-0.39, 0.29) is 5.04 Å². The van der Waals surface area contributed by atoms with Crippen molar-refractivity contribution in [1.29, 1.82) is 0 Å². The van der Waals surface area contributed by atoms with Crippen LogP contribution in [0.1, 0.15) is 26.7 Å². The van der Waals surface area contributed by atoms with Crippen molar-refractivity contribution in [2.75, 3.05) is 25.0 Å². The first kappa shape index (κ1) is 18.7. The van der Waals surface area contributed by atoms with Crippen LogP contribution in [0.25, 0.3) is 0 Å². The Hall–Kier alpha value is -0.363. The van der Waals surface area contributed by atoms with Crippen LogP contribution in [-0.4, -0.2) is 32.7 Å². The summed E-state index contributed by atoms with van der Waals surface area (Å²) in [7, 11) is -2.05. The Morgan fingerprint density at radius 1 is 1.10 bits per heavy atom. The van der Waals surface area contributed by atoms with Gasteiger partial charge >= 0.3 is 0 Å². The zero-order chi connectivity index (χ0) is 15.9. The van der Waals surface area contributed by atoms with Crippen molar-refractivity contribution in [2.24, 2.45) is 0 Å². The number of hydrogen-bond acceptors (Lipinski definition) is 3. The second-order valence-electron chi connectivity index (χ2n) is 6.73. The maximum Gasteiger partial charge on any atom is 0.188 e. The van der Waals surface area contributed by atoms with Crippen LogP contribution < -0.4 is 10.6 Å². The molecule has 0 aromatic heterocycles. The highest BCUT2D eigenvalue weighted by atomic mass is 79.9. The van der Waals surface area contributed by atoms with E-state index in [1.807, 2.05) is 25.2 Å². The molecular formula is C16H29BrN2OSi. The molecular weight excluding hydrogens is 344 g/mol. The van der Waals surface area contributed by atoms with E-state index in [0.29, 0.717) is 0 Å². The van der Waals surface area contributed by atoms with Gasteiger partial charge in [-0.1, -0.05) is 29.8 Å². The summed E-state index contributed by atoms with van der Waals surface area (Å²) in [4.78, 5) is 10.2. The quantitative estimate of drug-likeness (QED) is 0.449. The van der Waals surface area contributed by atoms with Crippen molar-refractivity contribution in [1.82, 2.24) is 5.32 Å². The molecule has 0 saturated heterocycles. The summed E-state index contributed by atoms with van der Waals surface area (Å²) in [6.45, 7) is 11.3. The Kier molecular flexibility index (Phi) is 7.40. The summed E-state index contributed by atoms with van der Waals surface area (Å²) in [6, 6.07) is 8.22. The van der Waals surface area contributed by atoms with Crippen LogP contribution in [-0.2, 0) is 0 Å². The van der Waals surface area contributed by atoms with E-state index >= 15 is 0 Å². The fourth-order valence-corrected chi connectivity index (χ4v) is 3.00. The number of nitrogens with one attached hydrogen (secondary N) is 2. The molecule has 0 heterocycles. The lowest BCUT2D eigenvalue weighted by Gasteiger charge is -2.35. The number of halogens is 1. The first-order valence-corrected chi connectivity index (χ1v) is 11.4. The first-order chi connectivity index (χ1) is 9.72. The minimum atomic E-state index is -2.05. The molecule has 0 aliphatic carbocycles. The Labute approximate surface area is 138 Å². The van der Waals surface area contributed by atoms with Crippen molar-refractivity contribution < 1.29 is 4.80 Å². The predicted octanol–water partition coefficient (Wildman–Crippen LogP) is 4.21. The molecule has 1 rings (SSSR count). The van der Waals surface area contributed by atoms with Crippen molar-refractivity contribution in [3.8, 4) is 0 Å². The lowest BCUT2D eigenvalue weighted by atomic mass is 10.1. The summed E-state index contributed by atoms with van der Waals surface area (Å²) in [5, 5.41) is 6.93. The van der Waals surface area contributed by atoms with Crippen molar-refractivity contribution in [3.63, 3.8) is 0 Å². The van der Waals surface area contributed by atoms with Crippen molar-refractivity contribution in [3.05, 3.63) is 28.7 Å². The summed E-state index contributed by atoms with van der Waals surface area (Å²) in [5.74, 6) is 0. The Morgan fingerprint density at radius 2 is 1.71 bits per heavy atom. The number of anilines is 1. The molecule has 1 aromatic carbocycles. The molecule has 1 aromatic rings. The molecule has 0 radical (unpaired) electrons. The monoisotopic (exact) mass is 372 g/mol. The van der Waals surface area contributed by atoms with Gasteiger partial charge in [-0.15, -0.1) is 0 Å². The smallest absolute Gasteiger partial charge is 0.188 e. The zero-order valence-electron chi connectivity index (χ0n) is 13.7. The molecule has 0 aliphatic rings. The van der Waals surface area contributed by atoms with E-state index in [0.717, 1.165) is 42.6 Å². The Morgan fingerprint density at radius 3 is 2.29 bits per heavy atom. The largest absolute Gasteiger partial charge is 0.432 e. The van der Waals surface area contributed by atoms with E-state index in [1.165, 1.54) is 0 Å². The summed E-state index contributed by atoms with van der Waals surface area (Å²) >= 11 is 3.43. The van der Waals surface area contributed by atoms with Gasteiger partial charge in [0.25, 0.3) is 0 Å². The highest BCUT2D eigenvalue weighted by molar-refractivity contribution is 9.10. The van der Waals surface area contributed by atoms with Crippen LogP contribution in [0.15, 0.2) is 28.7 Å². The maximum absolute atomic E-state index is 10.2. The molecule has 3 nitrogen and oxygen atoms in total. The van der Waals surface area contributed by atoms with E-state index < -0.39 is 8.32 Å². The minimum absolute atomic E-state index is 0.0877. The highest BCUT2D eigenvalue weighted by Gasteiger charge is 2.37. The van der Waals surface area contributed by atoms with E-state index in [2.05, 4.69) is 52.5 Å². The van der Waals surface area contributed by atoms with Crippen molar-refractivity contribution >= 4 is 29.9 Å². The summed E-state index contributed by atoms with van der Waals surface area (Å²) in [6.07, 6.45) is 2.19. The molecule has 0 unspecified atom stereocenters. The van der Waals surface area contributed by atoms with Gasteiger partial charge in [0, 0.05) is 23.2 Å². The SMILES string of the molecule is CC(C)(CCCNCCNc1ccc(Br)cc1)[Si](C)(C)O. The molecule has 0 saturated carbocycles. The van der Waals surface area contributed by atoms with Crippen LogP contribution in [0.5, 0.6) is 0 Å². The van der Waals surface area contributed by atoms with Gasteiger partial charge in [0.2, 0.25) is 0 Å². The molecule has 0 fully saturated rings. The minimum Gasteiger partial charge on any atom is -0.432 e. The van der Waals surface area contributed by atoms with Gasteiger partial charge in [-0.05, 0) is 61.8 Å². The topological polar surface area (TPSA) is 44.3 Å². The van der Waals surface area contributed by atoms with Gasteiger partial charge in [0.15, 0.2) is 8.32 Å². The van der Waals surface area contributed by atoms with E-state index in [9.17, 15) is 4.80 Å². The third kappa shape index (κ3) is 6.95. The van der Waals surface area contributed by atoms with E-state index in [4.69, 9.17) is 0 Å². The van der Waals surface area contributed by atoms with Gasteiger partial charge in [-0.2, -0.15) is 0 Å². The molecule has 3 N–H and O–H groups in total. The predicted molar refractivity (Wildman–Crippen MR) is 98.5 cm³/mol. The van der Waals surface area contributed by atoms with Crippen LogP contribution in [0, 0.1) is 0 Å². The molecule has 5 heteroatoms. The van der Waals surface area contributed by atoms with Gasteiger partial charge in [-0.25, -0.2) is 0 Å². The fourth-order valence-electron chi connectivity index (χ4n) is 1.95. The standard InChI is InChI=1S/C16H29BrN2OSi/c1-16(2,21(3,4)20)10-5-11-18-12-13-19-15-8-6-14(17)7-9-15/h6-9,18-20H,5,10-13H2,1-4H3. The second-order valence-corrected chi connectivity index (χ2v) is 12.1. The average Bonchev–Trinajstić information content (AvgIpc) is 2.38. The normalized spacial score (nSPS) is 12.5. The zero-order valence-corrected chi connectivity index (χ0v) is 16.3. The third-order valence-electron chi connectivity index (χ3n) is 4.29. The maximum atomic E-state index is 10.2. The van der Waals surface area contributed by atoms with Crippen LogP contribution in [0.3, 0.4) is 0 Å². The average molecular weight is 373 g/mol. The van der Waals surface area contributed by atoms with Gasteiger partial charge in [0.05, 0.1) is 0 Å². The number of rotatable bonds is 9. The number of hydrogen-bond donors (Lipinski definition) is 3. The molecule has 0 bridgehead atoms. The van der Waals surface area contributed by atoms with Crippen LogP contribution in [0.2, 0.25) is 18.1 Å². The molecule has 0 atom stereocenters. The van der Waals surface area contributed by atoms with Crippen LogP contribution in [0.4, 0.5) is 5.69 Å². The van der Waals surface area contributed by atoms with Gasteiger partial charge in [-0.3, -0.25) is 0 Å². The fraction of sp³-hybridized carbons (Fsp3) is 0.625. The lowest BCUT2D eigenvalue weighted by molar-refractivity contribution is 0.438. The molecule has 0 aliphatic heterocycles. The lowest BCUT2D eigenvalue weighted by Crippen LogP contribution is -2.39. The van der Waals surface area contributed by atoms with Crippen LogP contribution >= 0.6 is 15.9 Å². The van der Waals surface area contributed by atoms with E-state index in [1.54, 1.807) is 0 Å². The third-order valence-corrected chi connectivity index (χ3v) is 8.38. The Balaban J connectivity index is 2.09. The molecule has 0 spiro atoms. The molecule has 0 amide bonds. The Bertz CT molecular complexity index is 415. The molecule has 21 heavy (non-hydrogen) atoms. The summed E-state index contributed by atoms with van der Waals surface area (Å²) < 4.78 is 1.10. The number of benzene rings is 1. The summed E-state index contributed by atoms with van der Waals surface area (Å²) in [5.41, 5.74) is 1.15. The van der Waals surface area contributed by atoms with Gasteiger partial charge < -0.3 is 15.4 Å². The van der Waals surface area contributed by atoms with Gasteiger partial charge in [0.1, 0.15) is 0 Å². The van der Waals surface area contributed by atoms with Crippen molar-refractivity contribution in [2.45, 2.75) is 44.8 Å². The second kappa shape index (κ2) is 8.32. The highest BCUT2D eigenvalue weighted by Crippen LogP contribution is 2.39.